The number of aliphatic hydroxyl groups is 1. The van der Waals surface area contributed by atoms with Gasteiger partial charge in [-0.05, 0) is 50.9 Å². The largest absolute Gasteiger partial charge is 0.478 e. The Kier molecular flexibility index (Phi) is 9.51. The van der Waals surface area contributed by atoms with E-state index < -0.39 is 5.97 Å². The van der Waals surface area contributed by atoms with Gasteiger partial charge in [-0.3, -0.25) is 0 Å². The molecule has 1 aliphatic heterocycles. The van der Waals surface area contributed by atoms with E-state index in [1.54, 1.807) is 30.3 Å². The van der Waals surface area contributed by atoms with E-state index in [0.717, 1.165) is 6.42 Å². The number of hydrogen-bond acceptors (Lipinski definition) is 3. The molecule has 1 aliphatic rings. The molecule has 0 aromatic heterocycles. The third kappa shape index (κ3) is 7.05. The van der Waals surface area contributed by atoms with Crippen LogP contribution in [0.1, 0.15) is 55.8 Å². The highest BCUT2D eigenvalue weighted by molar-refractivity contribution is 5.87. The van der Waals surface area contributed by atoms with Gasteiger partial charge in [0.2, 0.25) is 0 Å². The molecule has 0 radical (unpaired) electrons. The lowest BCUT2D eigenvalue weighted by Gasteiger charge is -2.35. The second kappa shape index (κ2) is 11.2. The Morgan fingerprint density at radius 1 is 1.27 bits per heavy atom. The molecule has 0 amide bonds. The molecule has 1 unspecified atom stereocenters. The van der Waals surface area contributed by atoms with Gasteiger partial charge in [0.25, 0.3) is 0 Å². The molecule has 4 heteroatoms. The SMILES string of the molecule is CCCCN1CCCCC1CCO.O=C(O)c1ccccc1. The van der Waals surface area contributed by atoms with Gasteiger partial charge in [-0.1, -0.05) is 38.0 Å². The summed E-state index contributed by atoms with van der Waals surface area (Å²) in [5, 5.41) is 17.3. The third-order valence-electron chi connectivity index (χ3n) is 4.03. The molecule has 1 fully saturated rings. The summed E-state index contributed by atoms with van der Waals surface area (Å²) >= 11 is 0. The van der Waals surface area contributed by atoms with Gasteiger partial charge >= 0.3 is 5.97 Å². The monoisotopic (exact) mass is 307 g/mol. The van der Waals surface area contributed by atoms with Crippen LogP contribution in [-0.4, -0.2) is 46.8 Å². The number of likely N-dealkylation sites (tertiary alicyclic amines) is 1. The highest BCUT2D eigenvalue weighted by Crippen LogP contribution is 2.19. The molecule has 22 heavy (non-hydrogen) atoms. The minimum atomic E-state index is -0.879. The molecule has 1 atom stereocenters. The van der Waals surface area contributed by atoms with Crippen molar-refractivity contribution in [3.05, 3.63) is 35.9 Å². The fourth-order valence-corrected chi connectivity index (χ4v) is 2.77. The number of hydrogen-bond donors (Lipinski definition) is 2. The predicted octanol–water partition coefficient (Wildman–Crippen LogP) is 3.41. The van der Waals surface area contributed by atoms with Crippen LogP contribution in [0.25, 0.3) is 0 Å². The number of carbonyl (C=O) groups is 1. The molecule has 4 nitrogen and oxygen atoms in total. The molecule has 0 spiro atoms. The van der Waals surface area contributed by atoms with E-state index in [0.29, 0.717) is 18.2 Å². The maximum absolute atomic E-state index is 10.2. The summed E-state index contributed by atoms with van der Waals surface area (Å²) in [7, 11) is 0. The van der Waals surface area contributed by atoms with Crippen LogP contribution in [0.15, 0.2) is 30.3 Å². The zero-order chi connectivity index (χ0) is 16.2. The van der Waals surface area contributed by atoms with E-state index in [9.17, 15) is 4.79 Å². The van der Waals surface area contributed by atoms with Gasteiger partial charge in [-0.25, -0.2) is 4.79 Å². The quantitative estimate of drug-likeness (QED) is 0.845. The van der Waals surface area contributed by atoms with Gasteiger partial charge in [0.1, 0.15) is 0 Å². The fourth-order valence-electron chi connectivity index (χ4n) is 2.77. The van der Waals surface area contributed by atoms with Crippen LogP contribution in [0.5, 0.6) is 0 Å². The number of rotatable bonds is 6. The number of benzene rings is 1. The third-order valence-corrected chi connectivity index (χ3v) is 4.03. The van der Waals surface area contributed by atoms with E-state index in [1.165, 1.54) is 45.2 Å². The standard InChI is InChI=1S/C11H23NO.C7H6O2/c1-2-3-8-12-9-5-4-6-11(12)7-10-13;8-7(9)6-4-2-1-3-5-6/h11,13H,2-10H2,1H3;1-5H,(H,8,9). The van der Waals surface area contributed by atoms with Crippen molar-refractivity contribution in [2.45, 2.75) is 51.5 Å². The molecule has 1 saturated heterocycles. The van der Waals surface area contributed by atoms with E-state index >= 15 is 0 Å². The Labute approximate surface area is 133 Å². The van der Waals surface area contributed by atoms with E-state index in [1.807, 2.05) is 0 Å². The van der Waals surface area contributed by atoms with Gasteiger partial charge < -0.3 is 15.1 Å². The van der Waals surface area contributed by atoms with Crippen molar-refractivity contribution in [1.82, 2.24) is 4.90 Å². The van der Waals surface area contributed by atoms with Gasteiger partial charge in [0.05, 0.1) is 5.56 Å². The number of nitrogens with zero attached hydrogens (tertiary/aromatic N) is 1. The minimum absolute atomic E-state index is 0.331. The van der Waals surface area contributed by atoms with Gasteiger partial charge in [-0.15, -0.1) is 0 Å². The number of aliphatic hydroxyl groups excluding tert-OH is 1. The second-order valence-corrected chi connectivity index (χ2v) is 5.72. The highest BCUT2D eigenvalue weighted by Gasteiger charge is 2.20. The number of carboxylic acids is 1. The summed E-state index contributed by atoms with van der Waals surface area (Å²) < 4.78 is 0. The van der Waals surface area contributed by atoms with Crippen molar-refractivity contribution < 1.29 is 15.0 Å². The summed E-state index contributed by atoms with van der Waals surface area (Å²) in [6.45, 7) is 5.09. The van der Waals surface area contributed by atoms with E-state index in [2.05, 4.69) is 11.8 Å². The van der Waals surface area contributed by atoms with Gasteiger partial charge in [0.15, 0.2) is 0 Å². The van der Waals surface area contributed by atoms with E-state index in [-0.39, 0.29) is 0 Å². The second-order valence-electron chi connectivity index (χ2n) is 5.72. The Morgan fingerprint density at radius 2 is 2.00 bits per heavy atom. The van der Waals surface area contributed by atoms with Crippen molar-refractivity contribution in [2.75, 3.05) is 19.7 Å². The van der Waals surface area contributed by atoms with Crippen LogP contribution in [-0.2, 0) is 0 Å². The topological polar surface area (TPSA) is 60.8 Å². The molecule has 2 N–H and O–H groups in total. The lowest BCUT2D eigenvalue weighted by molar-refractivity contribution is 0.0697. The molecular formula is C18H29NO3. The molecular weight excluding hydrogens is 278 g/mol. The first-order chi connectivity index (χ1) is 10.7. The van der Waals surface area contributed by atoms with Crippen molar-refractivity contribution in [3.63, 3.8) is 0 Å². The van der Waals surface area contributed by atoms with Crippen LogP contribution in [0.3, 0.4) is 0 Å². The van der Waals surface area contributed by atoms with Crippen LogP contribution in [0.2, 0.25) is 0 Å². The summed E-state index contributed by atoms with van der Waals surface area (Å²) in [5.41, 5.74) is 0.331. The molecule has 1 heterocycles. The number of carboxylic acid groups (broad SMARTS) is 1. The molecule has 0 aliphatic carbocycles. The smallest absolute Gasteiger partial charge is 0.335 e. The van der Waals surface area contributed by atoms with Crippen LogP contribution < -0.4 is 0 Å². The summed E-state index contributed by atoms with van der Waals surface area (Å²) in [6, 6.07) is 8.97. The fraction of sp³-hybridized carbons (Fsp3) is 0.611. The highest BCUT2D eigenvalue weighted by atomic mass is 16.4. The van der Waals surface area contributed by atoms with Crippen molar-refractivity contribution >= 4 is 5.97 Å². The van der Waals surface area contributed by atoms with E-state index in [4.69, 9.17) is 10.2 Å². The molecule has 0 bridgehead atoms. The molecule has 124 valence electrons. The predicted molar refractivity (Wildman–Crippen MR) is 89.2 cm³/mol. The number of piperidine rings is 1. The maximum Gasteiger partial charge on any atom is 0.335 e. The van der Waals surface area contributed by atoms with Gasteiger partial charge in [-0.2, -0.15) is 0 Å². The Morgan fingerprint density at radius 3 is 2.55 bits per heavy atom. The van der Waals surface area contributed by atoms with Crippen LogP contribution in [0.4, 0.5) is 0 Å². The Bertz CT molecular complexity index is 406. The van der Waals surface area contributed by atoms with Crippen molar-refractivity contribution in [1.29, 1.82) is 0 Å². The number of unbranched alkanes of at least 4 members (excludes halogenated alkanes) is 1. The van der Waals surface area contributed by atoms with Gasteiger partial charge in [0, 0.05) is 12.6 Å². The average Bonchev–Trinajstić information content (AvgIpc) is 2.56. The first-order valence-corrected chi connectivity index (χ1v) is 8.32. The molecule has 0 saturated carbocycles. The summed E-state index contributed by atoms with van der Waals surface area (Å²) in [6.07, 6.45) is 7.57. The Balaban J connectivity index is 0.000000235. The lowest BCUT2D eigenvalue weighted by Crippen LogP contribution is -2.40. The number of aromatic carboxylic acids is 1. The molecule has 1 aromatic carbocycles. The maximum atomic E-state index is 10.2. The molecule has 1 aromatic rings. The van der Waals surface area contributed by atoms with Crippen LogP contribution in [0, 0.1) is 0 Å². The summed E-state index contributed by atoms with van der Waals surface area (Å²) in [4.78, 5) is 12.8. The zero-order valence-electron chi connectivity index (χ0n) is 13.6. The first kappa shape index (κ1) is 18.7. The average molecular weight is 307 g/mol. The van der Waals surface area contributed by atoms with Crippen molar-refractivity contribution in [3.8, 4) is 0 Å². The van der Waals surface area contributed by atoms with Crippen LogP contribution >= 0.6 is 0 Å². The minimum Gasteiger partial charge on any atom is -0.478 e. The lowest BCUT2D eigenvalue weighted by atomic mass is 9.99. The first-order valence-electron chi connectivity index (χ1n) is 8.32. The zero-order valence-corrected chi connectivity index (χ0v) is 13.6. The normalized spacial score (nSPS) is 18.4. The summed E-state index contributed by atoms with van der Waals surface area (Å²) in [5.74, 6) is -0.879. The van der Waals surface area contributed by atoms with Crippen molar-refractivity contribution in [2.24, 2.45) is 0 Å². The Hall–Kier alpha value is -1.39. The molecule has 2 rings (SSSR count).